The Morgan fingerprint density at radius 2 is 1.11 bits per heavy atom. The molecular weight excluding hydrogens is 436 g/mol. The Hall–Kier alpha value is -3.52. The smallest absolute Gasteiger partial charge is 0.0494 e. The van der Waals surface area contributed by atoms with Crippen LogP contribution in [0.1, 0.15) is 63.8 Å². The van der Waals surface area contributed by atoms with E-state index in [1.165, 1.54) is 65.9 Å². The van der Waals surface area contributed by atoms with Crippen molar-refractivity contribution in [3.05, 3.63) is 95.1 Å². The van der Waals surface area contributed by atoms with Gasteiger partial charge in [-0.3, -0.25) is 0 Å². The Labute approximate surface area is 213 Å². The summed E-state index contributed by atoms with van der Waals surface area (Å²) in [4.78, 5) is 3.58. The monoisotopic (exact) mass is 472 g/mol. The van der Waals surface area contributed by atoms with Crippen LogP contribution in [0.4, 0.5) is 0 Å². The number of rotatable bonds is 2. The van der Waals surface area contributed by atoms with Crippen LogP contribution in [0.15, 0.2) is 72.8 Å². The number of H-pyrrole nitrogens is 1. The van der Waals surface area contributed by atoms with E-state index in [2.05, 4.69) is 131 Å². The van der Waals surface area contributed by atoms with Crippen molar-refractivity contribution in [1.29, 1.82) is 0 Å². The van der Waals surface area contributed by atoms with Crippen LogP contribution in [-0.2, 0) is 17.4 Å². The van der Waals surface area contributed by atoms with Crippen LogP contribution in [0.25, 0.3) is 43.6 Å². The fourth-order valence-electron chi connectivity index (χ4n) is 5.55. The first-order chi connectivity index (χ1) is 17.0. The van der Waals surface area contributed by atoms with E-state index >= 15 is 0 Å². The predicted molar refractivity (Wildman–Crippen MR) is 156 cm³/mol. The van der Waals surface area contributed by atoms with Gasteiger partial charge in [-0.15, -0.1) is 0 Å². The summed E-state index contributed by atoms with van der Waals surface area (Å²) in [6.07, 6.45) is 0. The topological polar surface area (TPSA) is 20.7 Å². The Morgan fingerprint density at radius 3 is 1.67 bits per heavy atom. The molecule has 2 nitrogen and oxygen atoms in total. The van der Waals surface area contributed by atoms with Crippen LogP contribution >= 0.6 is 0 Å². The molecule has 36 heavy (non-hydrogen) atoms. The molecule has 0 saturated heterocycles. The number of benzene rings is 4. The van der Waals surface area contributed by atoms with E-state index < -0.39 is 0 Å². The Bertz CT molecular complexity index is 1710. The molecule has 0 aliphatic carbocycles. The molecule has 2 aromatic heterocycles. The predicted octanol–water partition coefficient (Wildman–Crippen LogP) is 9.38. The lowest BCUT2D eigenvalue weighted by molar-refractivity contribution is 0.590. The van der Waals surface area contributed by atoms with Crippen LogP contribution in [0.2, 0.25) is 0 Å². The maximum atomic E-state index is 3.58. The Balaban J connectivity index is 1.56. The van der Waals surface area contributed by atoms with E-state index in [9.17, 15) is 0 Å². The first-order valence-corrected chi connectivity index (χ1v) is 13.1. The average molecular weight is 473 g/mol. The third kappa shape index (κ3) is 3.71. The van der Waals surface area contributed by atoms with E-state index in [1.807, 2.05) is 0 Å². The van der Waals surface area contributed by atoms with Crippen LogP contribution in [0, 0.1) is 6.92 Å². The minimum absolute atomic E-state index is 0.114. The van der Waals surface area contributed by atoms with Gasteiger partial charge in [0.1, 0.15) is 0 Å². The fraction of sp³-hybridized carbons (Fsp3) is 0.294. The summed E-state index contributed by atoms with van der Waals surface area (Å²) >= 11 is 0. The fourth-order valence-corrected chi connectivity index (χ4v) is 5.55. The van der Waals surface area contributed by atoms with Gasteiger partial charge in [-0.05, 0) is 83.0 Å². The highest BCUT2D eigenvalue weighted by Crippen LogP contribution is 2.36. The summed E-state index contributed by atoms with van der Waals surface area (Å²) in [6, 6.07) is 27.7. The van der Waals surface area contributed by atoms with E-state index in [0.717, 1.165) is 6.54 Å². The molecule has 0 fully saturated rings. The molecule has 182 valence electrons. The molecule has 0 bridgehead atoms. The third-order valence-corrected chi connectivity index (χ3v) is 7.76. The summed E-state index contributed by atoms with van der Waals surface area (Å²) in [5.41, 5.74) is 10.6. The number of aromatic nitrogens is 2. The first-order valence-electron chi connectivity index (χ1n) is 13.1. The highest BCUT2D eigenvalue weighted by atomic mass is 15.0. The molecule has 1 N–H and O–H groups in total. The van der Waals surface area contributed by atoms with Crippen LogP contribution in [0.5, 0.6) is 0 Å². The minimum atomic E-state index is 0.114. The zero-order valence-electron chi connectivity index (χ0n) is 22.6. The molecule has 2 heteroatoms. The number of nitrogens with zero attached hydrogens (tertiary/aromatic N) is 1. The van der Waals surface area contributed by atoms with Gasteiger partial charge >= 0.3 is 0 Å². The van der Waals surface area contributed by atoms with E-state index in [0.29, 0.717) is 0 Å². The van der Waals surface area contributed by atoms with E-state index in [4.69, 9.17) is 0 Å². The van der Waals surface area contributed by atoms with Crippen molar-refractivity contribution < 1.29 is 0 Å². The number of hydrogen-bond donors (Lipinski definition) is 1. The van der Waals surface area contributed by atoms with Gasteiger partial charge in [-0.25, -0.2) is 0 Å². The van der Waals surface area contributed by atoms with Gasteiger partial charge in [-0.1, -0.05) is 71.4 Å². The molecule has 6 aromatic rings. The lowest BCUT2D eigenvalue weighted by Crippen LogP contribution is -2.10. The molecule has 4 aromatic carbocycles. The van der Waals surface area contributed by atoms with Crippen molar-refractivity contribution in [1.82, 2.24) is 9.55 Å². The molecule has 0 aliphatic rings. The second kappa shape index (κ2) is 7.74. The van der Waals surface area contributed by atoms with Crippen molar-refractivity contribution in [2.24, 2.45) is 0 Å². The van der Waals surface area contributed by atoms with Crippen molar-refractivity contribution in [3.63, 3.8) is 0 Å². The zero-order valence-corrected chi connectivity index (χ0v) is 22.6. The molecule has 0 radical (unpaired) electrons. The SMILES string of the molecule is Cc1ccc2[nH]c3ccc(Cn4c5ccc(C(C)(C)C)cc5c5cc(C(C)(C)C)ccc54)cc3c2c1. The zero-order chi connectivity index (χ0) is 25.4. The molecule has 2 heterocycles. The van der Waals surface area contributed by atoms with Crippen molar-refractivity contribution in [2.75, 3.05) is 0 Å². The number of aryl methyl sites for hydroxylation is 1. The largest absolute Gasteiger partial charge is 0.355 e. The molecule has 0 saturated carbocycles. The third-order valence-electron chi connectivity index (χ3n) is 7.76. The number of fused-ring (bicyclic) bond motifs is 6. The molecule has 0 aliphatic heterocycles. The molecule has 6 rings (SSSR count). The van der Waals surface area contributed by atoms with Gasteiger partial charge in [0.05, 0.1) is 0 Å². The van der Waals surface area contributed by atoms with Gasteiger partial charge in [0.25, 0.3) is 0 Å². The Morgan fingerprint density at radius 1 is 0.583 bits per heavy atom. The first kappa shape index (κ1) is 22.9. The average Bonchev–Trinajstić information content (AvgIpc) is 3.32. The maximum Gasteiger partial charge on any atom is 0.0494 e. The van der Waals surface area contributed by atoms with Gasteiger partial charge < -0.3 is 9.55 Å². The van der Waals surface area contributed by atoms with Crippen molar-refractivity contribution in [3.8, 4) is 0 Å². The minimum Gasteiger partial charge on any atom is -0.355 e. The van der Waals surface area contributed by atoms with Crippen molar-refractivity contribution >= 4 is 43.6 Å². The quantitative estimate of drug-likeness (QED) is 0.259. The molecular formula is C34H36N2. The van der Waals surface area contributed by atoms with E-state index in [-0.39, 0.29) is 10.8 Å². The highest BCUT2D eigenvalue weighted by molar-refractivity contribution is 6.09. The summed E-state index contributed by atoms with van der Waals surface area (Å²) in [5, 5.41) is 5.32. The normalized spacial score (nSPS) is 13.0. The van der Waals surface area contributed by atoms with E-state index in [1.54, 1.807) is 0 Å². The number of nitrogens with one attached hydrogen (secondary N) is 1. The molecule has 0 atom stereocenters. The second-order valence-corrected chi connectivity index (χ2v) is 12.6. The van der Waals surface area contributed by atoms with Gasteiger partial charge in [0, 0.05) is 50.2 Å². The standard InChI is InChI=1S/C34H36N2/c1-21-8-12-29-25(16-21)26-17-22(9-13-30(26)35-29)20-36-31-14-10-23(33(2,3)4)18-27(31)28-19-24(34(5,6)7)11-15-32(28)36/h8-19,35H,20H2,1-7H3. The molecule has 0 amide bonds. The van der Waals surface area contributed by atoms with Crippen molar-refractivity contribution in [2.45, 2.75) is 65.8 Å². The number of hydrogen-bond acceptors (Lipinski definition) is 0. The van der Waals surface area contributed by atoms with Gasteiger partial charge in [-0.2, -0.15) is 0 Å². The lowest BCUT2D eigenvalue weighted by atomic mass is 9.85. The Kier molecular flexibility index (Phi) is 4.92. The van der Waals surface area contributed by atoms with Gasteiger partial charge in [0.2, 0.25) is 0 Å². The van der Waals surface area contributed by atoms with Crippen LogP contribution in [0.3, 0.4) is 0 Å². The highest BCUT2D eigenvalue weighted by Gasteiger charge is 2.20. The second-order valence-electron chi connectivity index (χ2n) is 12.6. The molecule has 0 spiro atoms. The van der Waals surface area contributed by atoms with Crippen LogP contribution < -0.4 is 0 Å². The van der Waals surface area contributed by atoms with Gasteiger partial charge in [0.15, 0.2) is 0 Å². The number of aromatic amines is 1. The summed E-state index contributed by atoms with van der Waals surface area (Å²) < 4.78 is 2.50. The summed E-state index contributed by atoms with van der Waals surface area (Å²) in [7, 11) is 0. The maximum absolute atomic E-state index is 3.58. The molecule has 0 unspecified atom stereocenters. The lowest BCUT2D eigenvalue weighted by Gasteiger charge is -2.19. The summed E-state index contributed by atoms with van der Waals surface area (Å²) in [6.45, 7) is 16.8. The summed E-state index contributed by atoms with van der Waals surface area (Å²) in [5.74, 6) is 0. The van der Waals surface area contributed by atoms with Crippen LogP contribution in [-0.4, -0.2) is 9.55 Å².